The second kappa shape index (κ2) is 6.27. The van der Waals surface area contributed by atoms with Crippen molar-refractivity contribution in [3.8, 4) is 11.5 Å². The lowest BCUT2D eigenvalue weighted by Gasteiger charge is -2.23. The summed E-state index contributed by atoms with van der Waals surface area (Å²) >= 11 is 0. The van der Waals surface area contributed by atoms with Crippen LogP contribution in [0.5, 0.6) is 11.5 Å². The molecule has 0 spiro atoms. The maximum atomic E-state index is 9.35. The Morgan fingerprint density at radius 2 is 1.86 bits per heavy atom. The van der Waals surface area contributed by atoms with Crippen molar-refractivity contribution in [2.75, 3.05) is 0 Å². The van der Waals surface area contributed by atoms with Crippen molar-refractivity contribution in [1.82, 2.24) is 4.98 Å². The number of aryl methyl sites for hydroxylation is 1. The second-order valence-corrected chi connectivity index (χ2v) is 5.96. The van der Waals surface area contributed by atoms with Gasteiger partial charge in [-0.15, -0.1) is 0 Å². The molecule has 0 fully saturated rings. The average Bonchev–Trinajstić information content (AvgIpc) is 2.48. The molecule has 1 N–H and O–H groups in total. The summed E-state index contributed by atoms with van der Waals surface area (Å²) in [4.78, 5) is 4.17. The van der Waals surface area contributed by atoms with Crippen LogP contribution in [0.4, 0.5) is 0 Å². The molecule has 0 unspecified atom stereocenters. The van der Waals surface area contributed by atoms with E-state index in [1.54, 1.807) is 6.20 Å². The van der Waals surface area contributed by atoms with Gasteiger partial charge >= 0.3 is 0 Å². The zero-order valence-electron chi connectivity index (χ0n) is 13.2. The number of ether oxygens (including phenoxy) is 1. The van der Waals surface area contributed by atoms with Crippen LogP contribution in [0, 0.1) is 6.92 Å². The molecule has 2 aromatic rings. The van der Waals surface area contributed by atoms with Gasteiger partial charge in [0.25, 0.3) is 0 Å². The van der Waals surface area contributed by atoms with Crippen molar-refractivity contribution in [2.24, 2.45) is 0 Å². The number of rotatable bonds is 5. The van der Waals surface area contributed by atoms with Gasteiger partial charge in [-0.1, -0.05) is 32.9 Å². The Kier molecular flexibility index (Phi) is 4.63. The quantitative estimate of drug-likeness (QED) is 0.887. The number of aliphatic hydroxyl groups is 1. The van der Waals surface area contributed by atoms with Crippen LogP contribution < -0.4 is 4.74 Å². The largest absolute Gasteiger partial charge is 0.457 e. The van der Waals surface area contributed by atoms with Crippen molar-refractivity contribution < 1.29 is 9.84 Å². The molecule has 21 heavy (non-hydrogen) atoms. The minimum Gasteiger partial charge on any atom is -0.457 e. The summed E-state index contributed by atoms with van der Waals surface area (Å²) in [7, 11) is 0. The molecule has 112 valence electrons. The smallest absolute Gasteiger partial charge is 0.136 e. The molecular weight excluding hydrogens is 262 g/mol. The Hall–Kier alpha value is -1.87. The number of aromatic nitrogens is 1. The normalized spacial score (nSPS) is 11.5. The topological polar surface area (TPSA) is 42.4 Å². The van der Waals surface area contributed by atoms with Gasteiger partial charge in [0.2, 0.25) is 0 Å². The van der Waals surface area contributed by atoms with E-state index in [0.717, 1.165) is 17.9 Å². The molecule has 3 heteroatoms. The Bertz CT molecular complexity index is 603. The van der Waals surface area contributed by atoms with Crippen LogP contribution in [-0.2, 0) is 12.0 Å². The van der Waals surface area contributed by atoms with Crippen LogP contribution in [0.2, 0.25) is 0 Å². The van der Waals surface area contributed by atoms with Crippen molar-refractivity contribution in [1.29, 1.82) is 0 Å². The van der Waals surface area contributed by atoms with E-state index < -0.39 is 0 Å². The Morgan fingerprint density at radius 1 is 1.19 bits per heavy atom. The fraction of sp³-hybridized carbons (Fsp3) is 0.389. The highest BCUT2D eigenvalue weighted by molar-refractivity contribution is 5.39. The first-order valence-corrected chi connectivity index (χ1v) is 7.31. The van der Waals surface area contributed by atoms with Gasteiger partial charge in [0.05, 0.1) is 6.61 Å². The first-order chi connectivity index (χ1) is 9.96. The first-order valence-electron chi connectivity index (χ1n) is 7.31. The highest BCUT2D eigenvalue weighted by Crippen LogP contribution is 2.30. The zero-order valence-corrected chi connectivity index (χ0v) is 13.2. The van der Waals surface area contributed by atoms with E-state index in [-0.39, 0.29) is 12.0 Å². The number of aliphatic hydroxyl groups excluding tert-OH is 1. The van der Waals surface area contributed by atoms with Gasteiger partial charge in [-0.25, -0.2) is 0 Å². The van der Waals surface area contributed by atoms with Gasteiger partial charge in [0, 0.05) is 23.5 Å². The van der Waals surface area contributed by atoms with Crippen LogP contribution in [0.3, 0.4) is 0 Å². The van der Waals surface area contributed by atoms with E-state index in [9.17, 15) is 5.11 Å². The van der Waals surface area contributed by atoms with E-state index in [1.807, 2.05) is 25.1 Å². The predicted octanol–water partition coefficient (Wildman–Crippen LogP) is 4.36. The van der Waals surface area contributed by atoms with Gasteiger partial charge < -0.3 is 9.84 Å². The Morgan fingerprint density at radius 3 is 2.43 bits per heavy atom. The van der Waals surface area contributed by atoms with E-state index in [0.29, 0.717) is 11.3 Å². The van der Waals surface area contributed by atoms with Crippen molar-refractivity contribution in [2.45, 2.75) is 46.1 Å². The van der Waals surface area contributed by atoms with E-state index in [1.165, 1.54) is 5.56 Å². The molecule has 0 bridgehead atoms. The summed E-state index contributed by atoms with van der Waals surface area (Å²) in [6.45, 7) is 8.49. The molecule has 0 aliphatic heterocycles. The number of nitrogens with zero attached hydrogens (tertiary/aromatic N) is 1. The minimum atomic E-state index is -0.0798. The summed E-state index contributed by atoms with van der Waals surface area (Å²) in [6, 6.07) is 10.00. The molecule has 0 aliphatic rings. The standard InChI is InChI=1S/C18H23NO2/c1-5-18(3,4)15-6-8-16(9-7-15)21-17-10-13(2)19-11-14(17)12-20/h6-11,20H,5,12H2,1-4H3. The van der Waals surface area contributed by atoms with Gasteiger partial charge in [-0.05, 0) is 36.5 Å². The number of benzene rings is 1. The highest BCUT2D eigenvalue weighted by atomic mass is 16.5. The van der Waals surface area contributed by atoms with Crippen LogP contribution in [0.15, 0.2) is 36.5 Å². The monoisotopic (exact) mass is 285 g/mol. The molecule has 1 aromatic carbocycles. The number of hydrogen-bond donors (Lipinski definition) is 1. The lowest BCUT2D eigenvalue weighted by atomic mass is 9.82. The van der Waals surface area contributed by atoms with E-state index >= 15 is 0 Å². The molecule has 1 aromatic heterocycles. The third kappa shape index (κ3) is 3.61. The van der Waals surface area contributed by atoms with Crippen LogP contribution >= 0.6 is 0 Å². The number of pyridine rings is 1. The minimum absolute atomic E-state index is 0.0798. The summed E-state index contributed by atoms with van der Waals surface area (Å²) in [5.74, 6) is 1.43. The fourth-order valence-corrected chi connectivity index (χ4v) is 2.08. The first kappa shape index (κ1) is 15.5. The van der Waals surface area contributed by atoms with Crippen molar-refractivity contribution >= 4 is 0 Å². The summed E-state index contributed by atoms with van der Waals surface area (Å²) in [6.07, 6.45) is 2.74. The molecule has 0 radical (unpaired) electrons. The molecule has 0 aliphatic carbocycles. The van der Waals surface area contributed by atoms with Crippen LogP contribution in [0.1, 0.15) is 44.0 Å². The van der Waals surface area contributed by atoms with Crippen molar-refractivity contribution in [3.05, 3.63) is 53.3 Å². The van der Waals surface area contributed by atoms with E-state index in [4.69, 9.17) is 4.74 Å². The third-order valence-electron chi connectivity index (χ3n) is 4.00. The summed E-state index contributed by atoms with van der Waals surface area (Å²) < 4.78 is 5.88. The van der Waals surface area contributed by atoms with Gasteiger partial charge in [0.1, 0.15) is 11.5 Å². The zero-order chi connectivity index (χ0) is 15.5. The molecule has 0 atom stereocenters. The summed E-state index contributed by atoms with van der Waals surface area (Å²) in [5.41, 5.74) is 3.03. The molecule has 0 amide bonds. The molecule has 1 heterocycles. The lowest BCUT2D eigenvalue weighted by Crippen LogP contribution is -2.14. The molecule has 0 saturated heterocycles. The average molecular weight is 285 g/mol. The van der Waals surface area contributed by atoms with Crippen LogP contribution in [0.25, 0.3) is 0 Å². The van der Waals surface area contributed by atoms with Gasteiger partial charge in [-0.2, -0.15) is 0 Å². The Balaban J connectivity index is 2.23. The maximum absolute atomic E-state index is 9.35. The molecule has 0 saturated carbocycles. The predicted molar refractivity (Wildman–Crippen MR) is 84.7 cm³/mol. The van der Waals surface area contributed by atoms with E-state index in [2.05, 4.69) is 37.9 Å². The Labute approximate surface area is 126 Å². The second-order valence-electron chi connectivity index (χ2n) is 5.96. The highest BCUT2D eigenvalue weighted by Gasteiger charge is 2.17. The summed E-state index contributed by atoms with van der Waals surface area (Å²) in [5, 5.41) is 9.35. The number of hydrogen-bond acceptors (Lipinski definition) is 3. The lowest BCUT2D eigenvalue weighted by molar-refractivity contribution is 0.276. The van der Waals surface area contributed by atoms with Crippen LogP contribution in [-0.4, -0.2) is 10.1 Å². The maximum Gasteiger partial charge on any atom is 0.136 e. The van der Waals surface area contributed by atoms with Gasteiger partial charge in [-0.3, -0.25) is 4.98 Å². The third-order valence-corrected chi connectivity index (χ3v) is 4.00. The fourth-order valence-electron chi connectivity index (χ4n) is 2.08. The SMILES string of the molecule is CCC(C)(C)c1ccc(Oc2cc(C)ncc2CO)cc1. The molecule has 2 rings (SSSR count). The van der Waals surface area contributed by atoms with Gasteiger partial charge in [0.15, 0.2) is 0 Å². The molecular formula is C18H23NO2. The van der Waals surface area contributed by atoms with Crippen molar-refractivity contribution in [3.63, 3.8) is 0 Å². The molecule has 3 nitrogen and oxygen atoms in total.